The summed E-state index contributed by atoms with van der Waals surface area (Å²) in [7, 11) is 1.15. The molecule has 38 heavy (non-hydrogen) atoms. The molecule has 0 fully saturated rings. The molecule has 206 valence electrons. The maximum absolute atomic E-state index is 11.0. The lowest BCUT2D eigenvalue weighted by molar-refractivity contribution is 0.0430. The molecular weight excluding hydrogens is 496 g/mol. The Labute approximate surface area is 228 Å². The number of ether oxygens (including phenoxy) is 4. The molecule has 0 bridgehead atoms. The highest BCUT2D eigenvalue weighted by Crippen LogP contribution is 2.51. The molecule has 2 aromatic rings. The quantitative estimate of drug-likeness (QED) is 0.136. The zero-order chi connectivity index (χ0) is 27.9. The second-order valence-corrected chi connectivity index (χ2v) is 15.1. The van der Waals surface area contributed by atoms with Gasteiger partial charge in [-0.1, -0.05) is 54.6 Å². The number of methoxy groups -OCH3 is 2. The van der Waals surface area contributed by atoms with Crippen molar-refractivity contribution in [3.63, 3.8) is 0 Å². The molecule has 0 heterocycles. The van der Waals surface area contributed by atoms with Crippen LogP contribution in [0.4, 0.5) is 0 Å². The van der Waals surface area contributed by atoms with Crippen molar-refractivity contribution in [1.29, 1.82) is 0 Å². The summed E-state index contributed by atoms with van der Waals surface area (Å²) < 4.78 is 29.7. The van der Waals surface area contributed by atoms with Gasteiger partial charge >= 0.3 is 0 Å². The zero-order valence-corrected chi connectivity index (χ0v) is 24.7. The van der Waals surface area contributed by atoms with Gasteiger partial charge in [0, 0.05) is 19.8 Å². The van der Waals surface area contributed by atoms with Gasteiger partial charge in [0.05, 0.1) is 17.8 Å². The van der Waals surface area contributed by atoms with E-state index < -0.39 is 14.4 Å². The van der Waals surface area contributed by atoms with E-state index in [2.05, 4.69) is 26.2 Å². The van der Waals surface area contributed by atoms with Crippen LogP contribution in [0.1, 0.15) is 42.9 Å². The number of hydrogen-bond donors (Lipinski definition) is 1. The highest BCUT2D eigenvalue weighted by atomic mass is 28.4. The van der Waals surface area contributed by atoms with E-state index in [4.69, 9.17) is 23.4 Å². The molecule has 1 N–H and O–H groups in total. The average Bonchev–Trinajstić information content (AvgIpc) is 2.87. The Kier molecular flexibility index (Phi) is 10.4. The van der Waals surface area contributed by atoms with Gasteiger partial charge in [0.15, 0.2) is 13.6 Å². The normalized spacial score (nSPS) is 20.1. The highest BCUT2D eigenvalue weighted by molar-refractivity contribution is 6.70. The Balaban J connectivity index is 2.26. The topological polar surface area (TPSA) is 66.4 Å². The van der Waals surface area contributed by atoms with E-state index >= 15 is 0 Å². The second kappa shape index (κ2) is 13.3. The first-order valence-corrected chi connectivity index (χ1v) is 16.3. The third-order valence-electron chi connectivity index (χ3n) is 6.47. The Morgan fingerprint density at radius 2 is 1.53 bits per heavy atom. The lowest BCUT2D eigenvalue weighted by Gasteiger charge is -2.41. The summed E-state index contributed by atoms with van der Waals surface area (Å²) >= 11 is 0. The third kappa shape index (κ3) is 7.60. The Hall–Kier alpha value is -2.84. The van der Waals surface area contributed by atoms with Crippen molar-refractivity contribution < 1.29 is 28.5 Å². The number of aliphatic hydroxyl groups is 1. The van der Waals surface area contributed by atoms with Crippen molar-refractivity contribution in [3.8, 4) is 11.5 Å². The fourth-order valence-electron chi connectivity index (χ4n) is 4.70. The average molecular weight is 539 g/mol. The molecule has 2 aromatic carbocycles. The van der Waals surface area contributed by atoms with Crippen LogP contribution < -0.4 is 9.47 Å². The molecule has 7 heteroatoms. The first-order chi connectivity index (χ1) is 18.1. The molecule has 0 saturated carbocycles. The van der Waals surface area contributed by atoms with Gasteiger partial charge in [0.25, 0.3) is 0 Å². The van der Waals surface area contributed by atoms with Crippen molar-refractivity contribution in [3.05, 3.63) is 82.6 Å². The molecule has 1 aliphatic rings. The first-order valence-electron chi connectivity index (χ1n) is 12.9. The number of aliphatic hydroxyl groups excluding tert-OH is 1. The SMILES string of the molecule is C=C(C)[C@H]1C[C@@H](O)C(C)=C(O[Si](C)(C)C)[C@@H]1c1c(OCOC)cc(/C=C/c2ccccc2)cc1OCOC. The zero-order valence-electron chi connectivity index (χ0n) is 23.7. The monoisotopic (exact) mass is 538 g/mol. The van der Waals surface area contributed by atoms with Crippen molar-refractivity contribution in [2.45, 2.75) is 51.9 Å². The van der Waals surface area contributed by atoms with Gasteiger partial charge < -0.3 is 28.5 Å². The highest BCUT2D eigenvalue weighted by Gasteiger charge is 2.42. The van der Waals surface area contributed by atoms with Gasteiger partial charge in [-0.2, -0.15) is 0 Å². The summed E-state index contributed by atoms with van der Waals surface area (Å²) in [6.07, 6.45) is 4.00. The molecule has 0 amide bonds. The molecule has 0 aromatic heterocycles. The molecule has 6 nitrogen and oxygen atoms in total. The molecule has 3 rings (SSSR count). The summed E-state index contributed by atoms with van der Waals surface area (Å²) in [6.45, 7) is 14.8. The van der Waals surface area contributed by atoms with E-state index in [1.807, 2.05) is 68.5 Å². The van der Waals surface area contributed by atoms with Crippen molar-refractivity contribution in [2.75, 3.05) is 27.8 Å². The van der Waals surface area contributed by atoms with E-state index in [0.717, 1.165) is 33.6 Å². The van der Waals surface area contributed by atoms with Crippen molar-refractivity contribution >= 4 is 20.5 Å². The van der Waals surface area contributed by atoms with Crippen LogP contribution >= 0.6 is 0 Å². The van der Waals surface area contributed by atoms with Gasteiger partial charge in [0.2, 0.25) is 8.32 Å². The summed E-state index contributed by atoms with van der Waals surface area (Å²) in [5, 5.41) is 11.0. The van der Waals surface area contributed by atoms with Crippen LogP contribution in [0.15, 0.2) is 65.9 Å². The molecule has 3 atom stereocenters. The van der Waals surface area contributed by atoms with Crippen LogP contribution in [0.2, 0.25) is 19.6 Å². The molecule has 0 radical (unpaired) electrons. The summed E-state index contributed by atoms with van der Waals surface area (Å²) in [5.74, 6) is 1.69. The fraction of sp³-hybridized carbons (Fsp3) is 0.419. The summed E-state index contributed by atoms with van der Waals surface area (Å²) in [5.41, 5.74) is 4.62. The van der Waals surface area contributed by atoms with E-state index in [1.165, 1.54) is 0 Å². The van der Waals surface area contributed by atoms with Gasteiger partial charge in [-0.3, -0.25) is 0 Å². The van der Waals surface area contributed by atoms with Crippen LogP contribution in [-0.2, 0) is 13.9 Å². The van der Waals surface area contributed by atoms with Crippen LogP contribution in [-0.4, -0.2) is 47.3 Å². The fourth-order valence-corrected chi connectivity index (χ4v) is 5.65. The maximum Gasteiger partial charge on any atom is 0.241 e. The van der Waals surface area contributed by atoms with Crippen LogP contribution in [0.25, 0.3) is 12.2 Å². The van der Waals surface area contributed by atoms with E-state index in [0.29, 0.717) is 17.9 Å². The van der Waals surface area contributed by atoms with Crippen LogP contribution in [0.5, 0.6) is 11.5 Å². The predicted octanol–water partition coefficient (Wildman–Crippen LogP) is 6.99. The second-order valence-electron chi connectivity index (χ2n) is 10.7. The molecule has 0 unspecified atom stereocenters. The maximum atomic E-state index is 11.0. The minimum absolute atomic E-state index is 0.0720. The molecule has 0 saturated heterocycles. The standard InChI is InChI=1S/C31H42O6Si/c1-21(2)25-18-26(32)22(3)31(37-38(6,7)8)29(25)30-27(35-19-33-4)16-24(17-28(30)36-20-34-5)15-14-23-12-10-9-11-13-23/h9-17,25-26,29,32H,1,18-20H2,2-8H3/b15-14+/t25-,26-,29+/m1/s1. The Morgan fingerprint density at radius 1 is 0.974 bits per heavy atom. The molecule has 0 spiro atoms. The lowest BCUT2D eigenvalue weighted by Crippen LogP contribution is -2.36. The molecule has 0 aliphatic heterocycles. The number of hydrogen-bond acceptors (Lipinski definition) is 6. The van der Waals surface area contributed by atoms with Crippen molar-refractivity contribution in [2.24, 2.45) is 5.92 Å². The minimum Gasteiger partial charge on any atom is -0.547 e. The molecular formula is C31H42O6Si. The van der Waals surface area contributed by atoms with E-state index in [9.17, 15) is 5.11 Å². The van der Waals surface area contributed by atoms with Crippen LogP contribution in [0, 0.1) is 5.92 Å². The smallest absolute Gasteiger partial charge is 0.241 e. The lowest BCUT2D eigenvalue weighted by atomic mass is 9.71. The Morgan fingerprint density at radius 3 is 2.03 bits per heavy atom. The third-order valence-corrected chi connectivity index (χ3v) is 7.30. The largest absolute Gasteiger partial charge is 0.547 e. The van der Waals surface area contributed by atoms with Crippen LogP contribution in [0.3, 0.4) is 0 Å². The van der Waals surface area contributed by atoms with Gasteiger partial charge in [-0.15, -0.1) is 0 Å². The van der Waals surface area contributed by atoms with Gasteiger partial charge in [-0.05, 0) is 74.7 Å². The number of benzene rings is 2. The van der Waals surface area contributed by atoms with Crippen molar-refractivity contribution in [1.82, 2.24) is 0 Å². The molecule has 1 aliphatic carbocycles. The summed E-state index contributed by atoms with van der Waals surface area (Å²) in [4.78, 5) is 0. The van der Waals surface area contributed by atoms with Gasteiger partial charge in [-0.25, -0.2) is 0 Å². The first kappa shape index (κ1) is 29.7. The minimum atomic E-state index is -2.04. The number of allylic oxidation sites excluding steroid dienone is 2. The number of rotatable bonds is 12. The Bertz CT molecular complexity index is 1120. The van der Waals surface area contributed by atoms with E-state index in [1.54, 1.807) is 14.2 Å². The van der Waals surface area contributed by atoms with Gasteiger partial charge in [0.1, 0.15) is 11.5 Å². The van der Waals surface area contributed by atoms with E-state index in [-0.39, 0.29) is 25.4 Å². The predicted molar refractivity (Wildman–Crippen MR) is 156 cm³/mol. The summed E-state index contributed by atoms with van der Waals surface area (Å²) in [6, 6.07) is 14.1.